The maximum Gasteiger partial charge on any atom is 0.147 e. The second-order valence-electron chi connectivity index (χ2n) is 11.1. The standard InChI is InChI=1S/C33H26Br10O6/c1-33(2,15-3-21(36)29(22(37)4-15)46-11-19(44)13-48-31-25(40)7-17(34)8-26(31)41)16-5-23(38)30(24(39)6-16)47-12-20(45)14-49-32-27(42)9-18(35)10-28(32)43/h3-10,19-20,44-45H,11-14H2,1-2H3. The normalized spacial score (nSPS) is 12.9. The van der Waals surface area contributed by atoms with Crippen molar-refractivity contribution in [3.63, 3.8) is 0 Å². The van der Waals surface area contributed by atoms with Gasteiger partial charge >= 0.3 is 0 Å². The Morgan fingerprint density at radius 2 is 0.633 bits per heavy atom. The lowest BCUT2D eigenvalue weighted by atomic mass is 9.78. The number of ether oxygens (including phenoxy) is 4. The van der Waals surface area contributed by atoms with Gasteiger partial charge in [0, 0.05) is 14.4 Å². The van der Waals surface area contributed by atoms with Crippen molar-refractivity contribution in [3.8, 4) is 23.0 Å². The van der Waals surface area contributed by atoms with Crippen molar-refractivity contribution in [3.05, 3.63) is 104 Å². The molecule has 16 heteroatoms. The van der Waals surface area contributed by atoms with Gasteiger partial charge in [0.05, 0.1) is 35.8 Å². The number of benzene rings is 4. The van der Waals surface area contributed by atoms with Crippen LogP contribution in [-0.4, -0.2) is 48.8 Å². The van der Waals surface area contributed by atoms with E-state index in [1.54, 1.807) is 0 Å². The summed E-state index contributed by atoms with van der Waals surface area (Å²) in [6, 6.07) is 15.5. The lowest BCUT2D eigenvalue weighted by molar-refractivity contribution is 0.0616. The minimum absolute atomic E-state index is 0.0210. The van der Waals surface area contributed by atoms with Crippen molar-refractivity contribution in [1.82, 2.24) is 0 Å². The molecule has 264 valence electrons. The summed E-state index contributed by atoms with van der Waals surface area (Å²) in [5.74, 6) is 2.32. The van der Waals surface area contributed by atoms with Crippen molar-refractivity contribution in [1.29, 1.82) is 0 Å². The summed E-state index contributed by atoms with van der Waals surface area (Å²) in [6.07, 6.45) is -1.76. The lowest BCUT2D eigenvalue weighted by Crippen LogP contribution is -2.26. The molecule has 2 unspecified atom stereocenters. The summed E-state index contributed by atoms with van der Waals surface area (Å²) in [4.78, 5) is 0. The van der Waals surface area contributed by atoms with Crippen LogP contribution in [0.25, 0.3) is 0 Å². The topological polar surface area (TPSA) is 77.4 Å². The Labute approximate surface area is 369 Å². The van der Waals surface area contributed by atoms with Gasteiger partial charge in [0.25, 0.3) is 0 Å². The zero-order valence-corrected chi connectivity index (χ0v) is 41.3. The quantitative estimate of drug-likeness (QED) is 0.131. The van der Waals surface area contributed by atoms with E-state index in [4.69, 9.17) is 18.9 Å². The molecule has 4 aromatic rings. The van der Waals surface area contributed by atoms with Crippen LogP contribution in [0.3, 0.4) is 0 Å². The molecule has 0 heterocycles. The molecule has 4 rings (SSSR count). The second kappa shape index (κ2) is 18.9. The van der Waals surface area contributed by atoms with E-state index in [1.807, 2.05) is 48.5 Å². The van der Waals surface area contributed by atoms with E-state index < -0.39 is 17.6 Å². The third kappa shape index (κ3) is 11.4. The van der Waals surface area contributed by atoms with Gasteiger partial charge in [-0.1, -0.05) is 45.7 Å². The molecule has 0 fully saturated rings. The molecule has 4 aromatic carbocycles. The highest BCUT2D eigenvalue weighted by Gasteiger charge is 2.28. The molecule has 0 bridgehead atoms. The van der Waals surface area contributed by atoms with Crippen LogP contribution in [0, 0.1) is 0 Å². The Bertz CT molecular complexity index is 1600. The Balaban J connectivity index is 1.39. The van der Waals surface area contributed by atoms with Gasteiger partial charge in [-0.15, -0.1) is 0 Å². The summed E-state index contributed by atoms with van der Waals surface area (Å²) in [5.41, 5.74) is 1.58. The minimum Gasteiger partial charge on any atom is -0.488 e. The van der Waals surface area contributed by atoms with Gasteiger partial charge in [-0.25, -0.2) is 0 Å². The van der Waals surface area contributed by atoms with Crippen LogP contribution in [0.4, 0.5) is 0 Å². The van der Waals surface area contributed by atoms with E-state index in [0.717, 1.165) is 55.9 Å². The van der Waals surface area contributed by atoms with Crippen LogP contribution in [-0.2, 0) is 5.41 Å². The molecular formula is C33H26Br10O6. The average Bonchev–Trinajstić information content (AvgIpc) is 2.98. The number of hydrogen-bond acceptors (Lipinski definition) is 6. The fourth-order valence-electron chi connectivity index (χ4n) is 4.43. The maximum absolute atomic E-state index is 10.6. The van der Waals surface area contributed by atoms with Gasteiger partial charge in [0.1, 0.15) is 61.6 Å². The van der Waals surface area contributed by atoms with Crippen molar-refractivity contribution in [2.75, 3.05) is 26.4 Å². The van der Waals surface area contributed by atoms with Gasteiger partial charge in [-0.3, -0.25) is 0 Å². The third-order valence-electron chi connectivity index (χ3n) is 7.05. The molecular weight excluding hydrogens is 1290 g/mol. The second-order valence-corrected chi connectivity index (χ2v) is 19.8. The van der Waals surface area contributed by atoms with Crippen molar-refractivity contribution < 1.29 is 29.2 Å². The summed E-state index contributed by atoms with van der Waals surface area (Å²) in [7, 11) is 0. The van der Waals surface area contributed by atoms with E-state index >= 15 is 0 Å². The molecule has 2 N–H and O–H groups in total. The fourth-order valence-corrected chi connectivity index (χ4v) is 12.2. The van der Waals surface area contributed by atoms with Gasteiger partial charge in [0.2, 0.25) is 0 Å². The third-order valence-corrected chi connectivity index (χ3v) is 12.7. The largest absolute Gasteiger partial charge is 0.488 e. The van der Waals surface area contributed by atoms with E-state index in [1.165, 1.54) is 0 Å². The molecule has 0 amide bonds. The van der Waals surface area contributed by atoms with Crippen LogP contribution in [0.5, 0.6) is 23.0 Å². The number of halogens is 10. The van der Waals surface area contributed by atoms with Gasteiger partial charge in [0.15, 0.2) is 0 Å². The van der Waals surface area contributed by atoms with E-state index in [-0.39, 0.29) is 26.4 Å². The molecule has 0 radical (unpaired) electrons. The average molecular weight is 1320 g/mol. The molecule has 0 aromatic heterocycles. The van der Waals surface area contributed by atoms with Gasteiger partial charge in [-0.2, -0.15) is 0 Å². The first kappa shape index (κ1) is 42.5. The molecule has 0 saturated heterocycles. The summed E-state index contributed by atoms with van der Waals surface area (Å²) in [5, 5.41) is 21.2. The summed E-state index contributed by atoms with van der Waals surface area (Å²) < 4.78 is 31.4. The molecule has 0 aliphatic carbocycles. The van der Waals surface area contributed by atoms with Crippen LogP contribution in [0.1, 0.15) is 25.0 Å². The van der Waals surface area contributed by atoms with E-state index in [0.29, 0.717) is 23.0 Å². The van der Waals surface area contributed by atoms with Crippen molar-refractivity contribution in [2.24, 2.45) is 0 Å². The number of aliphatic hydroxyl groups is 2. The highest BCUT2D eigenvalue weighted by molar-refractivity contribution is 9.12. The highest BCUT2D eigenvalue weighted by atomic mass is 79.9. The molecule has 6 nitrogen and oxygen atoms in total. The first-order valence-corrected chi connectivity index (χ1v) is 22.1. The van der Waals surface area contributed by atoms with Crippen LogP contribution in [0.15, 0.2) is 93.3 Å². The smallest absolute Gasteiger partial charge is 0.147 e. The van der Waals surface area contributed by atoms with Gasteiger partial charge < -0.3 is 29.2 Å². The van der Waals surface area contributed by atoms with E-state index in [2.05, 4.69) is 173 Å². The zero-order chi connectivity index (χ0) is 36.2. The predicted octanol–water partition coefficient (Wildman–Crippen LogP) is 13.3. The van der Waals surface area contributed by atoms with Gasteiger partial charge in [-0.05, 0) is 187 Å². The van der Waals surface area contributed by atoms with E-state index in [9.17, 15) is 10.2 Å². The monoisotopic (exact) mass is 1310 g/mol. The fraction of sp³-hybridized carbons (Fsp3) is 0.273. The molecule has 0 aliphatic rings. The summed E-state index contributed by atoms with van der Waals surface area (Å²) >= 11 is 35.5. The molecule has 0 saturated carbocycles. The number of hydrogen-bond donors (Lipinski definition) is 2. The SMILES string of the molecule is CC(C)(c1cc(Br)c(OCC(O)COc2c(Br)cc(Br)cc2Br)c(Br)c1)c1cc(Br)c(OCC(O)COc2c(Br)cc(Br)cc2Br)c(Br)c1. The van der Waals surface area contributed by atoms with Crippen molar-refractivity contribution >= 4 is 159 Å². The molecule has 49 heavy (non-hydrogen) atoms. The highest BCUT2D eigenvalue weighted by Crippen LogP contribution is 2.44. The number of aliphatic hydroxyl groups excluding tert-OH is 2. The zero-order valence-electron chi connectivity index (χ0n) is 25.4. The Hall–Kier alpha value is 0.800. The number of rotatable bonds is 14. The van der Waals surface area contributed by atoms with Crippen LogP contribution < -0.4 is 18.9 Å². The molecule has 2 atom stereocenters. The maximum atomic E-state index is 10.6. The van der Waals surface area contributed by atoms with Crippen LogP contribution in [0.2, 0.25) is 0 Å². The first-order valence-electron chi connectivity index (χ1n) is 14.1. The minimum atomic E-state index is -0.878. The van der Waals surface area contributed by atoms with Crippen LogP contribution >= 0.6 is 159 Å². The lowest BCUT2D eigenvalue weighted by Gasteiger charge is -2.28. The molecule has 0 aliphatic heterocycles. The molecule has 0 spiro atoms. The summed E-state index contributed by atoms with van der Waals surface area (Å²) in [6.45, 7) is 4.36. The Morgan fingerprint density at radius 1 is 0.429 bits per heavy atom. The Kier molecular flexibility index (Phi) is 16.4. The van der Waals surface area contributed by atoms with Crippen molar-refractivity contribution in [2.45, 2.75) is 31.5 Å². The Morgan fingerprint density at radius 3 is 0.857 bits per heavy atom. The predicted molar refractivity (Wildman–Crippen MR) is 229 cm³/mol. The first-order chi connectivity index (χ1) is 23.0.